The number of benzene rings is 1. The van der Waals surface area contributed by atoms with Crippen LogP contribution in [0, 0.1) is 12.8 Å². The molecule has 7 heteroatoms. The van der Waals surface area contributed by atoms with Crippen molar-refractivity contribution < 1.29 is 14.1 Å². The maximum absolute atomic E-state index is 12.7. The van der Waals surface area contributed by atoms with Gasteiger partial charge in [0.15, 0.2) is 0 Å². The van der Waals surface area contributed by atoms with Crippen molar-refractivity contribution in [1.82, 2.24) is 20.0 Å². The van der Waals surface area contributed by atoms with Crippen molar-refractivity contribution in [3.8, 4) is 17.3 Å². The molecule has 1 aromatic carbocycles. The third-order valence-electron chi connectivity index (χ3n) is 5.35. The highest BCUT2D eigenvalue weighted by atomic mass is 16.5. The Balaban J connectivity index is 1.26. The summed E-state index contributed by atoms with van der Waals surface area (Å²) in [5.74, 6) is 2.29. The molecule has 0 unspecified atom stereocenters. The number of amides is 1. The van der Waals surface area contributed by atoms with Gasteiger partial charge in [-0.3, -0.25) is 9.78 Å². The van der Waals surface area contributed by atoms with E-state index in [0.29, 0.717) is 42.8 Å². The number of ether oxygens (including phenoxy) is 1. The fourth-order valence-corrected chi connectivity index (χ4v) is 3.68. The Morgan fingerprint density at radius 2 is 2.10 bits per heavy atom. The number of nitrogens with zero attached hydrogens (tertiary/aromatic N) is 4. The molecule has 3 heterocycles. The van der Waals surface area contributed by atoms with Crippen LogP contribution in [0.3, 0.4) is 0 Å². The Bertz CT molecular complexity index is 973. The molecule has 4 rings (SSSR count). The van der Waals surface area contributed by atoms with Gasteiger partial charge in [-0.25, -0.2) is 0 Å². The van der Waals surface area contributed by atoms with Crippen LogP contribution in [-0.4, -0.2) is 45.6 Å². The quantitative estimate of drug-likeness (QED) is 0.595. The van der Waals surface area contributed by atoms with Gasteiger partial charge in [-0.05, 0) is 43.5 Å². The molecule has 0 bridgehead atoms. The van der Waals surface area contributed by atoms with Crippen molar-refractivity contribution in [3.05, 3.63) is 60.1 Å². The summed E-state index contributed by atoms with van der Waals surface area (Å²) in [5.41, 5.74) is 1.79. The second-order valence-electron chi connectivity index (χ2n) is 7.65. The summed E-state index contributed by atoms with van der Waals surface area (Å²) in [4.78, 5) is 23.2. The molecule has 1 aliphatic rings. The summed E-state index contributed by atoms with van der Waals surface area (Å²) < 4.78 is 11.3. The Kier molecular flexibility index (Phi) is 6.37. The summed E-state index contributed by atoms with van der Waals surface area (Å²) >= 11 is 0. The van der Waals surface area contributed by atoms with Gasteiger partial charge in [0.25, 0.3) is 0 Å². The van der Waals surface area contributed by atoms with Crippen LogP contribution in [0.2, 0.25) is 0 Å². The second-order valence-corrected chi connectivity index (χ2v) is 7.65. The third kappa shape index (κ3) is 5.03. The van der Waals surface area contributed by atoms with Gasteiger partial charge in [-0.2, -0.15) is 4.98 Å². The first kappa shape index (κ1) is 20.1. The summed E-state index contributed by atoms with van der Waals surface area (Å²) in [5, 5.41) is 3.96. The van der Waals surface area contributed by atoms with Crippen molar-refractivity contribution in [2.45, 2.75) is 32.6 Å². The average molecular weight is 406 g/mol. The largest absolute Gasteiger partial charge is 0.493 e. The maximum atomic E-state index is 12.7. The Labute approximate surface area is 176 Å². The van der Waals surface area contributed by atoms with Crippen LogP contribution in [-0.2, 0) is 11.2 Å². The molecule has 0 spiro atoms. The molecule has 30 heavy (non-hydrogen) atoms. The SMILES string of the molecule is Cc1ccccc1OC[C@H]1CCCN(C(=O)CCc2nc(-c3ccccn3)no2)C1. The fourth-order valence-electron chi connectivity index (χ4n) is 3.68. The highest BCUT2D eigenvalue weighted by molar-refractivity contribution is 5.76. The number of hydrogen-bond donors (Lipinski definition) is 0. The summed E-state index contributed by atoms with van der Waals surface area (Å²) in [6.07, 6.45) is 4.55. The van der Waals surface area contributed by atoms with Gasteiger partial charge in [-0.1, -0.05) is 29.4 Å². The van der Waals surface area contributed by atoms with E-state index in [9.17, 15) is 4.79 Å². The Hall–Kier alpha value is -3.22. The number of para-hydroxylation sites is 1. The molecule has 0 saturated carbocycles. The van der Waals surface area contributed by atoms with E-state index >= 15 is 0 Å². The van der Waals surface area contributed by atoms with E-state index in [4.69, 9.17) is 9.26 Å². The summed E-state index contributed by atoms with van der Waals surface area (Å²) in [6, 6.07) is 13.6. The van der Waals surface area contributed by atoms with E-state index in [1.165, 1.54) is 0 Å². The van der Waals surface area contributed by atoms with Gasteiger partial charge in [0.2, 0.25) is 17.6 Å². The molecule has 1 atom stereocenters. The molecule has 0 aliphatic carbocycles. The molecule has 0 radical (unpaired) electrons. The summed E-state index contributed by atoms with van der Waals surface area (Å²) in [6.45, 7) is 4.20. The minimum Gasteiger partial charge on any atom is -0.493 e. The van der Waals surface area contributed by atoms with Crippen LogP contribution in [0.15, 0.2) is 53.2 Å². The summed E-state index contributed by atoms with van der Waals surface area (Å²) in [7, 11) is 0. The van der Waals surface area contributed by atoms with E-state index in [-0.39, 0.29) is 5.91 Å². The predicted octanol–water partition coefficient (Wildman–Crippen LogP) is 3.69. The molecule has 1 aliphatic heterocycles. The molecule has 3 aromatic rings. The standard InChI is InChI=1S/C23H26N4O3/c1-17-7-2-3-10-20(17)29-16-18-8-6-14-27(15-18)22(28)12-11-21-25-23(26-30-21)19-9-4-5-13-24-19/h2-5,7,9-10,13,18H,6,8,11-12,14-16H2,1H3/t18-/m0/s1. The first-order chi connectivity index (χ1) is 14.7. The van der Waals surface area contributed by atoms with Gasteiger partial charge in [-0.15, -0.1) is 0 Å². The maximum Gasteiger partial charge on any atom is 0.227 e. The second kappa shape index (κ2) is 9.52. The normalized spacial score (nSPS) is 16.4. The van der Waals surface area contributed by atoms with Crippen molar-refractivity contribution in [2.24, 2.45) is 5.92 Å². The van der Waals surface area contributed by atoms with Crippen LogP contribution in [0.4, 0.5) is 0 Å². The topological polar surface area (TPSA) is 81.4 Å². The van der Waals surface area contributed by atoms with Crippen LogP contribution < -0.4 is 4.74 Å². The molecule has 1 amide bonds. The average Bonchev–Trinajstić information content (AvgIpc) is 3.27. The first-order valence-corrected chi connectivity index (χ1v) is 10.4. The number of carbonyl (C=O) groups is 1. The zero-order chi connectivity index (χ0) is 20.8. The number of aryl methyl sites for hydroxylation is 2. The smallest absolute Gasteiger partial charge is 0.227 e. The lowest BCUT2D eigenvalue weighted by molar-refractivity contribution is -0.133. The van der Waals surface area contributed by atoms with E-state index in [1.54, 1.807) is 6.20 Å². The number of rotatable bonds is 7. The molecular formula is C23H26N4O3. The number of carbonyl (C=O) groups excluding carboxylic acids is 1. The lowest BCUT2D eigenvalue weighted by Gasteiger charge is -2.32. The van der Waals surface area contributed by atoms with Crippen LogP contribution >= 0.6 is 0 Å². The van der Waals surface area contributed by atoms with E-state index in [0.717, 1.165) is 37.2 Å². The molecule has 156 valence electrons. The predicted molar refractivity (Wildman–Crippen MR) is 112 cm³/mol. The Morgan fingerprint density at radius 1 is 1.23 bits per heavy atom. The molecular weight excluding hydrogens is 380 g/mol. The molecule has 1 fully saturated rings. The van der Waals surface area contributed by atoms with Gasteiger partial charge in [0.1, 0.15) is 11.4 Å². The third-order valence-corrected chi connectivity index (χ3v) is 5.35. The van der Waals surface area contributed by atoms with E-state index < -0.39 is 0 Å². The first-order valence-electron chi connectivity index (χ1n) is 10.4. The van der Waals surface area contributed by atoms with Crippen molar-refractivity contribution in [3.63, 3.8) is 0 Å². The molecule has 0 N–H and O–H groups in total. The monoisotopic (exact) mass is 406 g/mol. The van der Waals surface area contributed by atoms with Crippen molar-refractivity contribution in [2.75, 3.05) is 19.7 Å². The minimum absolute atomic E-state index is 0.119. The van der Waals surface area contributed by atoms with Crippen LogP contribution in [0.5, 0.6) is 5.75 Å². The number of aromatic nitrogens is 3. The van der Waals surface area contributed by atoms with E-state index in [1.807, 2.05) is 54.3 Å². The lowest BCUT2D eigenvalue weighted by atomic mass is 9.98. The number of hydrogen-bond acceptors (Lipinski definition) is 6. The molecule has 1 saturated heterocycles. The number of likely N-dealkylation sites (tertiary alicyclic amines) is 1. The fraction of sp³-hybridized carbons (Fsp3) is 0.391. The molecule has 7 nitrogen and oxygen atoms in total. The Morgan fingerprint density at radius 3 is 2.93 bits per heavy atom. The van der Waals surface area contributed by atoms with E-state index in [2.05, 4.69) is 15.1 Å². The zero-order valence-electron chi connectivity index (χ0n) is 17.2. The lowest BCUT2D eigenvalue weighted by Crippen LogP contribution is -2.41. The molecule has 2 aromatic heterocycles. The van der Waals surface area contributed by atoms with Crippen LogP contribution in [0.1, 0.15) is 30.7 Å². The van der Waals surface area contributed by atoms with Gasteiger partial charge in [0.05, 0.1) is 6.61 Å². The number of piperidine rings is 1. The van der Waals surface area contributed by atoms with Gasteiger partial charge < -0.3 is 14.2 Å². The minimum atomic E-state index is 0.119. The highest BCUT2D eigenvalue weighted by Crippen LogP contribution is 2.22. The number of pyridine rings is 1. The van der Waals surface area contributed by atoms with Crippen LogP contribution in [0.25, 0.3) is 11.5 Å². The highest BCUT2D eigenvalue weighted by Gasteiger charge is 2.24. The van der Waals surface area contributed by atoms with Gasteiger partial charge >= 0.3 is 0 Å². The van der Waals surface area contributed by atoms with Crippen molar-refractivity contribution >= 4 is 5.91 Å². The zero-order valence-corrected chi connectivity index (χ0v) is 17.2. The van der Waals surface area contributed by atoms with Crippen molar-refractivity contribution in [1.29, 1.82) is 0 Å². The van der Waals surface area contributed by atoms with Gasteiger partial charge in [0, 0.05) is 38.0 Å².